The number of ketones is 1. The van der Waals surface area contributed by atoms with E-state index in [9.17, 15) is 24.5 Å². The van der Waals surface area contributed by atoms with Gasteiger partial charge < -0.3 is 19.5 Å². The van der Waals surface area contributed by atoms with E-state index in [0.717, 1.165) is 6.07 Å². The number of ether oxygens (including phenoxy) is 3. The van der Waals surface area contributed by atoms with Gasteiger partial charge in [-0.3, -0.25) is 19.7 Å². The Kier molecular flexibility index (Phi) is 7.55. The van der Waals surface area contributed by atoms with Gasteiger partial charge >= 0.3 is 5.97 Å². The van der Waals surface area contributed by atoms with E-state index < -0.39 is 29.2 Å². The summed E-state index contributed by atoms with van der Waals surface area (Å²) < 4.78 is 15.4. The number of nitrogens with one attached hydrogen (secondary N) is 1. The second-order valence-corrected chi connectivity index (χ2v) is 6.91. The molecule has 0 radical (unpaired) electrons. The maximum Gasteiger partial charge on any atom is 0.338 e. The molecule has 1 amide bonds. The van der Waals surface area contributed by atoms with Gasteiger partial charge in [0.1, 0.15) is 0 Å². The highest BCUT2D eigenvalue weighted by molar-refractivity contribution is 6.05. The fraction of sp³-hybridized carbons (Fsp3) is 0.125. The Hall–Kier alpha value is -4.73. The molecule has 0 spiro atoms. The largest absolute Gasteiger partial charge is 0.493 e. The minimum absolute atomic E-state index is 0.0536. The summed E-state index contributed by atoms with van der Waals surface area (Å²) in [5.74, 6) is -0.951. The molecule has 0 aromatic heterocycles. The molecule has 0 heterocycles. The lowest BCUT2D eigenvalue weighted by Crippen LogP contribution is -2.15. The minimum atomic E-state index is -0.791. The number of hydrogen-bond acceptors (Lipinski definition) is 8. The van der Waals surface area contributed by atoms with Crippen molar-refractivity contribution in [3.05, 3.63) is 93.5 Å². The van der Waals surface area contributed by atoms with Crippen molar-refractivity contribution >= 4 is 29.0 Å². The van der Waals surface area contributed by atoms with E-state index in [2.05, 4.69) is 5.32 Å². The SMILES string of the molecule is COc1ccc(C(=O)Nc2cccc(C(=O)OCC(=O)c3cccc([N+](=O)[O-])c3)c2)cc1OC. The normalized spacial score (nSPS) is 10.2. The number of esters is 1. The standard InChI is InChI=1S/C24H20N2O8/c1-32-21-10-9-16(13-22(21)33-2)23(28)25-18-7-3-6-17(11-18)24(29)34-14-20(27)15-5-4-8-19(12-15)26(30)31/h3-13H,14H2,1-2H3,(H,25,28). The summed E-state index contributed by atoms with van der Waals surface area (Å²) in [4.78, 5) is 47.5. The van der Waals surface area contributed by atoms with Crippen LogP contribution in [0.4, 0.5) is 11.4 Å². The van der Waals surface area contributed by atoms with Crippen molar-refractivity contribution in [1.29, 1.82) is 0 Å². The van der Waals surface area contributed by atoms with Gasteiger partial charge in [0.25, 0.3) is 11.6 Å². The number of amides is 1. The number of Topliss-reactive ketones (excluding diaryl/α,β-unsaturated/α-hetero) is 1. The predicted molar refractivity (Wildman–Crippen MR) is 122 cm³/mol. The molecule has 0 saturated carbocycles. The topological polar surface area (TPSA) is 134 Å². The van der Waals surface area contributed by atoms with Gasteiger partial charge in [-0.1, -0.05) is 18.2 Å². The quantitative estimate of drug-likeness (QED) is 0.218. The number of nitrogens with zero attached hydrogens (tertiary/aromatic N) is 1. The van der Waals surface area contributed by atoms with Gasteiger partial charge in [-0.25, -0.2) is 4.79 Å². The first-order valence-corrected chi connectivity index (χ1v) is 9.90. The summed E-state index contributed by atoms with van der Waals surface area (Å²) in [6, 6.07) is 15.8. The second kappa shape index (κ2) is 10.7. The number of rotatable bonds is 9. The smallest absolute Gasteiger partial charge is 0.338 e. The van der Waals surface area contributed by atoms with Crippen LogP contribution in [0.5, 0.6) is 11.5 Å². The zero-order chi connectivity index (χ0) is 24.7. The first kappa shape index (κ1) is 23.9. The van der Waals surface area contributed by atoms with E-state index in [1.807, 2.05) is 0 Å². The zero-order valence-corrected chi connectivity index (χ0v) is 18.3. The maximum atomic E-state index is 12.6. The average Bonchev–Trinajstić information content (AvgIpc) is 2.86. The van der Waals surface area contributed by atoms with Crippen LogP contribution < -0.4 is 14.8 Å². The van der Waals surface area contributed by atoms with Gasteiger partial charge in [0.05, 0.1) is 24.7 Å². The van der Waals surface area contributed by atoms with Gasteiger partial charge in [-0.2, -0.15) is 0 Å². The summed E-state index contributed by atoms with van der Waals surface area (Å²) in [7, 11) is 2.94. The Balaban J connectivity index is 1.65. The Morgan fingerprint density at radius 2 is 1.56 bits per heavy atom. The van der Waals surface area contributed by atoms with Crippen molar-refractivity contribution in [1.82, 2.24) is 0 Å². The molecule has 3 aromatic rings. The summed E-state index contributed by atoms with van der Waals surface area (Å²) in [6.07, 6.45) is 0. The molecular formula is C24H20N2O8. The van der Waals surface area contributed by atoms with E-state index in [1.54, 1.807) is 24.3 Å². The number of carbonyl (C=O) groups excluding carboxylic acids is 3. The van der Waals surface area contributed by atoms with Gasteiger partial charge in [0.2, 0.25) is 5.78 Å². The number of hydrogen-bond donors (Lipinski definition) is 1. The Morgan fingerprint density at radius 3 is 2.26 bits per heavy atom. The van der Waals surface area contributed by atoms with Crippen LogP contribution in [0.1, 0.15) is 31.1 Å². The van der Waals surface area contributed by atoms with Gasteiger partial charge in [0, 0.05) is 28.9 Å². The van der Waals surface area contributed by atoms with Crippen LogP contribution in [-0.2, 0) is 4.74 Å². The molecule has 0 saturated heterocycles. The molecular weight excluding hydrogens is 444 g/mol. The molecule has 10 heteroatoms. The number of benzene rings is 3. The second-order valence-electron chi connectivity index (χ2n) is 6.91. The van der Waals surface area contributed by atoms with Gasteiger partial charge in [-0.15, -0.1) is 0 Å². The summed E-state index contributed by atoms with van der Waals surface area (Å²) >= 11 is 0. The van der Waals surface area contributed by atoms with E-state index in [4.69, 9.17) is 14.2 Å². The minimum Gasteiger partial charge on any atom is -0.493 e. The van der Waals surface area contributed by atoms with Crippen LogP contribution in [-0.4, -0.2) is 43.4 Å². The van der Waals surface area contributed by atoms with Crippen LogP contribution in [0.25, 0.3) is 0 Å². The lowest BCUT2D eigenvalue weighted by molar-refractivity contribution is -0.384. The fourth-order valence-electron chi connectivity index (χ4n) is 3.00. The van der Waals surface area contributed by atoms with Crippen molar-refractivity contribution in [3.8, 4) is 11.5 Å². The molecule has 0 aliphatic carbocycles. The molecule has 0 aliphatic heterocycles. The molecule has 0 fully saturated rings. The van der Waals surface area contributed by atoms with Crippen molar-refractivity contribution in [2.24, 2.45) is 0 Å². The van der Waals surface area contributed by atoms with Crippen molar-refractivity contribution < 1.29 is 33.5 Å². The number of non-ortho nitro benzene ring substituents is 1. The van der Waals surface area contributed by atoms with Crippen molar-refractivity contribution in [2.75, 3.05) is 26.1 Å². The highest BCUT2D eigenvalue weighted by Gasteiger charge is 2.16. The zero-order valence-electron chi connectivity index (χ0n) is 18.3. The number of carbonyl (C=O) groups is 3. The van der Waals surface area contributed by atoms with E-state index in [0.29, 0.717) is 22.7 Å². The van der Waals surface area contributed by atoms with Crippen molar-refractivity contribution in [3.63, 3.8) is 0 Å². The van der Waals surface area contributed by atoms with Crippen LogP contribution in [0.15, 0.2) is 66.7 Å². The monoisotopic (exact) mass is 464 g/mol. The molecule has 0 aliphatic rings. The molecule has 34 heavy (non-hydrogen) atoms. The van der Waals surface area contributed by atoms with E-state index in [1.165, 1.54) is 50.6 Å². The van der Waals surface area contributed by atoms with Gasteiger partial charge in [0.15, 0.2) is 18.1 Å². The highest BCUT2D eigenvalue weighted by Crippen LogP contribution is 2.28. The predicted octanol–water partition coefficient (Wildman–Crippen LogP) is 3.90. The third-order valence-corrected chi connectivity index (χ3v) is 4.72. The Morgan fingerprint density at radius 1 is 0.853 bits per heavy atom. The molecule has 3 rings (SSSR count). The molecule has 0 atom stereocenters. The lowest BCUT2D eigenvalue weighted by Gasteiger charge is -2.11. The molecule has 3 aromatic carbocycles. The number of nitro groups is 1. The third-order valence-electron chi connectivity index (χ3n) is 4.72. The van der Waals surface area contributed by atoms with Crippen LogP contribution >= 0.6 is 0 Å². The molecule has 0 bridgehead atoms. The average molecular weight is 464 g/mol. The number of nitro benzene ring substituents is 1. The van der Waals surface area contributed by atoms with E-state index >= 15 is 0 Å². The summed E-state index contributed by atoms with van der Waals surface area (Å²) in [5, 5.41) is 13.5. The maximum absolute atomic E-state index is 12.6. The summed E-state index contributed by atoms with van der Waals surface area (Å²) in [6.45, 7) is -0.595. The first-order chi connectivity index (χ1) is 16.3. The molecule has 10 nitrogen and oxygen atoms in total. The van der Waals surface area contributed by atoms with Crippen LogP contribution in [0, 0.1) is 10.1 Å². The highest BCUT2D eigenvalue weighted by atomic mass is 16.6. The van der Waals surface area contributed by atoms with Crippen LogP contribution in [0.2, 0.25) is 0 Å². The summed E-state index contributed by atoms with van der Waals surface area (Å²) in [5.41, 5.74) is 0.567. The molecule has 0 unspecified atom stereocenters. The van der Waals surface area contributed by atoms with Gasteiger partial charge in [-0.05, 0) is 36.4 Å². The third kappa shape index (κ3) is 5.74. The number of methoxy groups -OCH3 is 2. The Labute approximate surface area is 194 Å². The fourth-order valence-corrected chi connectivity index (χ4v) is 3.00. The Bertz CT molecular complexity index is 1260. The van der Waals surface area contributed by atoms with Crippen molar-refractivity contribution in [2.45, 2.75) is 0 Å². The number of anilines is 1. The van der Waals surface area contributed by atoms with E-state index in [-0.39, 0.29) is 16.8 Å². The van der Waals surface area contributed by atoms with Crippen LogP contribution in [0.3, 0.4) is 0 Å². The molecule has 174 valence electrons. The molecule has 1 N–H and O–H groups in total. The first-order valence-electron chi connectivity index (χ1n) is 9.90. The lowest BCUT2D eigenvalue weighted by atomic mass is 10.1.